The number of rotatable bonds is 8. The smallest absolute Gasteiger partial charge is 0.203 e. The number of hydrogen-bond donors (Lipinski definition) is 1. The van der Waals surface area contributed by atoms with E-state index in [2.05, 4.69) is 43.4 Å². The zero-order chi connectivity index (χ0) is 17.5. The minimum atomic E-state index is 0.283. The maximum atomic E-state index is 5.43. The van der Waals surface area contributed by atoms with Gasteiger partial charge in [0.05, 0.1) is 21.3 Å². The largest absolute Gasteiger partial charge is 0.493 e. The van der Waals surface area contributed by atoms with Crippen LogP contribution in [0.3, 0.4) is 0 Å². The zero-order valence-corrected chi connectivity index (χ0v) is 15.1. The van der Waals surface area contributed by atoms with E-state index in [1.165, 1.54) is 5.56 Å². The highest BCUT2D eigenvalue weighted by Crippen LogP contribution is 2.38. The molecular formula is C20H27NO3. The van der Waals surface area contributed by atoms with Crippen LogP contribution in [-0.4, -0.2) is 21.3 Å². The van der Waals surface area contributed by atoms with Crippen LogP contribution in [0.4, 0.5) is 0 Å². The van der Waals surface area contributed by atoms with Crippen LogP contribution >= 0.6 is 0 Å². The van der Waals surface area contributed by atoms with Crippen LogP contribution in [0.2, 0.25) is 0 Å². The highest BCUT2D eigenvalue weighted by atomic mass is 16.5. The van der Waals surface area contributed by atoms with E-state index in [-0.39, 0.29) is 6.04 Å². The maximum absolute atomic E-state index is 5.43. The van der Waals surface area contributed by atoms with Crippen LogP contribution < -0.4 is 19.5 Å². The summed E-state index contributed by atoms with van der Waals surface area (Å²) in [4.78, 5) is 0. The molecule has 0 aromatic heterocycles. The average Bonchev–Trinajstić information content (AvgIpc) is 2.61. The van der Waals surface area contributed by atoms with Crippen LogP contribution in [-0.2, 0) is 6.54 Å². The summed E-state index contributed by atoms with van der Waals surface area (Å²) in [5, 5.41) is 3.64. The van der Waals surface area contributed by atoms with Gasteiger partial charge < -0.3 is 19.5 Å². The highest BCUT2D eigenvalue weighted by molar-refractivity contribution is 5.53. The highest BCUT2D eigenvalue weighted by Gasteiger charge is 2.17. The number of benzene rings is 2. The van der Waals surface area contributed by atoms with Crippen molar-refractivity contribution in [3.8, 4) is 17.2 Å². The van der Waals surface area contributed by atoms with Crippen LogP contribution in [0.5, 0.6) is 17.2 Å². The lowest BCUT2D eigenvalue weighted by Crippen LogP contribution is -2.25. The molecule has 0 bridgehead atoms. The molecule has 2 aromatic carbocycles. The molecule has 2 rings (SSSR count). The van der Waals surface area contributed by atoms with Gasteiger partial charge in [-0.1, -0.05) is 44.2 Å². The summed E-state index contributed by atoms with van der Waals surface area (Å²) in [7, 11) is 4.88. The van der Waals surface area contributed by atoms with Crippen LogP contribution in [0.15, 0.2) is 42.5 Å². The van der Waals surface area contributed by atoms with E-state index in [0.717, 1.165) is 5.56 Å². The number of hydrogen-bond acceptors (Lipinski definition) is 4. The van der Waals surface area contributed by atoms with E-state index >= 15 is 0 Å². The molecule has 4 nitrogen and oxygen atoms in total. The molecular weight excluding hydrogens is 302 g/mol. The Kier molecular flexibility index (Phi) is 6.50. The molecule has 0 heterocycles. The van der Waals surface area contributed by atoms with Gasteiger partial charge in [0.25, 0.3) is 0 Å². The predicted octanol–water partition coefficient (Wildman–Crippen LogP) is 4.20. The molecule has 1 N–H and O–H groups in total. The summed E-state index contributed by atoms with van der Waals surface area (Å²) in [6.45, 7) is 5.16. The Morgan fingerprint density at radius 3 is 1.92 bits per heavy atom. The number of nitrogens with one attached hydrogen (secondary N) is 1. The SMILES string of the molecule is COc1cc(CNC(c2ccccc2)C(C)C)cc(OC)c1OC. The van der Waals surface area contributed by atoms with Gasteiger partial charge in [0.1, 0.15) is 0 Å². The van der Waals surface area contributed by atoms with Gasteiger partial charge in [-0.05, 0) is 29.2 Å². The second kappa shape index (κ2) is 8.60. The lowest BCUT2D eigenvalue weighted by Gasteiger charge is -2.23. The fraction of sp³-hybridized carbons (Fsp3) is 0.400. The third-order valence-electron chi connectivity index (χ3n) is 4.08. The van der Waals surface area contributed by atoms with Gasteiger partial charge in [0, 0.05) is 12.6 Å². The standard InChI is InChI=1S/C20H27NO3/c1-14(2)19(16-9-7-6-8-10-16)21-13-15-11-17(22-3)20(24-5)18(12-15)23-4/h6-12,14,19,21H,13H2,1-5H3. The van der Waals surface area contributed by atoms with Gasteiger partial charge in [-0.2, -0.15) is 0 Å². The Morgan fingerprint density at radius 1 is 0.875 bits per heavy atom. The van der Waals surface area contributed by atoms with Gasteiger partial charge in [-0.3, -0.25) is 0 Å². The Bertz CT molecular complexity index is 616. The quantitative estimate of drug-likeness (QED) is 0.788. The first-order valence-electron chi connectivity index (χ1n) is 8.17. The first kappa shape index (κ1) is 18.1. The molecule has 24 heavy (non-hydrogen) atoms. The summed E-state index contributed by atoms with van der Waals surface area (Å²) in [5.74, 6) is 2.45. The van der Waals surface area contributed by atoms with Crippen molar-refractivity contribution in [3.63, 3.8) is 0 Å². The molecule has 4 heteroatoms. The Morgan fingerprint density at radius 2 is 1.46 bits per heavy atom. The predicted molar refractivity (Wildman–Crippen MR) is 97.0 cm³/mol. The molecule has 0 aliphatic rings. The minimum Gasteiger partial charge on any atom is -0.493 e. The van der Waals surface area contributed by atoms with E-state index in [4.69, 9.17) is 14.2 Å². The van der Waals surface area contributed by atoms with E-state index in [1.807, 2.05) is 18.2 Å². The molecule has 0 radical (unpaired) electrons. The Balaban J connectivity index is 2.21. The van der Waals surface area contributed by atoms with E-state index in [9.17, 15) is 0 Å². The van der Waals surface area contributed by atoms with E-state index < -0.39 is 0 Å². The zero-order valence-electron chi connectivity index (χ0n) is 15.1. The fourth-order valence-electron chi connectivity index (χ4n) is 2.86. The number of ether oxygens (including phenoxy) is 3. The molecule has 2 aromatic rings. The summed E-state index contributed by atoms with van der Waals surface area (Å²) >= 11 is 0. The molecule has 0 saturated carbocycles. The molecule has 1 unspecified atom stereocenters. The Labute approximate surface area is 144 Å². The van der Waals surface area contributed by atoms with Gasteiger partial charge in [0.2, 0.25) is 5.75 Å². The first-order valence-corrected chi connectivity index (χ1v) is 8.17. The maximum Gasteiger partial charge on any atom is 0.203 e. The lowest BCUT2D eigenvalue weighted by molar-refractivity contribution is 0.323. The van der Waals surface area contributed by atoms with Crippen molar-refractivity contribution in [2.75, 3.05) is 21.3 Å². The van der Waals surface area contributed by atoms with Gasteiger partial charge in [-0.15, -0.1) is 0 Å². The summed E-state index contributed by atoms with van der Waals surface area (Å²) in [5.41, 5.74) is 2.38. The van der Waals surface area contributed by atoms with E-state index in [1.54, 1.807) is 21.3 Å². The van der Waals surface area contributed by atoms with Crippen molar-refractivity contribution >= 4 is 0 Å². The second-order valence-corrected chi connectivity index (χ2v) is 6.05. The molecule has 0 spiro atoms. The molecule has 0 saturated heterocycles. The minimum absolute atomic E-state index is 0.283. The first-order chi connectivity index (χ1) is 11.6. The van der Waals surface area contributed by atoms with Crippen molar-refractivity contribution in [1.29, 1.82) is 0 Å². The molecule has 130 valence electrons. The molecule has 0 aliphatic heterocycles. The van der Waals surface area contributed by atoms with Crippen LogP contribution in [0, 0.1) is 5.92 Å². The van der Waals surface area contributed by atoms with Gasteiger partial charge >= 0.3 is 0 Å². The summed E-state index contributed by atoms with van der Waals surface area (Å²) in [6, 6.07) is 14.8. The molecule has 0 amide bonds. The van der Waals surface area contributed by atoms with E-state index in [0.29, 0.717) is 29.7 Å². The molecule has 0 fully saturated rings. The fourth-order valence-corrected chi connectivity index (χ4v) is 2.86. The van der Waals surface area contributed by atoms with Crippen molar-refractivity contribution in [2.24, 2.45) is 5.92 Å². The van der Waals surface area contributed by atoms with Crippen LogP contribution in [0.25, 0.3) is 0 Å². The third-order valence-corrected chi connectivity index (χ3v) is 4.08. The van der Waals surface area contributed by atoms with Crippen molar-refractivity contribution in [1.82, 2.24) is 5.32 Å². The van der Waals surface area contributed by atoms with Crippen LogP contribution in [0.1, 0.15) is 31.0 Å². The summed E-state index contributed by atoms with van der Waals surface area (Å²) < 4.78 is 16.2. The summed E-state index contributed by atoms with van der Waals surface area (Å²) in [6.07, 6.45) is 0. The lowest BCUT2D eigenvalue weighted by atomic mass is 9.96. The third kappa shape index (κ3) is 4.20. The average molecular weight is 329 g/mol. The second-order valence-electron chi connectivity index (χ2n) is 6.05. The van der Waals surface area contributed by atoms with Gasteiger partial charge in [0.15, 0.2) is 11.5 Å². The monoisotopic (exact) mass is 329 g/mol. The van der Waals surface area contributed by atoms with Crippen molar-refractivity contribution in [3.05, 3.63) is 53.6 Å². The van der Waals surface area contributed by atoms with Gasteiger partial charge in [-0.25, -0.2) is 0 Å². The topological polar surface area (TPSA) is 39.7 Å². The van der Waals surface area contributed by atoms with Crippen molar-refractivity contribution < 1.29 is 14.2 Å². The molecule has 1 atom stereocenters. The normalized spacial score (nSPS) is 12.1. The number of methoxy groups -OCH3 is 3. The molecule has 0 aliphatic carbocycles. The van der Waals surface area contributed by atoms with Crippen molar-refractivity contribution in [2.45, 2.75) is 26.4 Å². The Hall–Kier alpha value is -2.20.